The van der Waals surface area contributed by atoms with Crippen molar-refractivity contribution in [3.63, 3.8) is 0 Å². The lowest BCUT2D eigenvalue weighted by Crippen LogP contribution is -2.23. The molecule has 0 bridgehead atoms. The number of hydrogen-bond donors (Lipinski definition) is 1. The smallest absolute Gasteiger partial charge is 0.240 e. The van der Waals surface area contributed by atoms with Crippen molar-refractivity contribution in [1.82, 2.24) is 9.71 Å². The number of rotatable bonds is 6. The fourth-order valence-corrected chi connectivity index (χ4v) is 3.69. The Bertz CT molecular complexity index is 1020. The number of nitrogens with zero attached hydrogens (tertiary/aromatic N) is 1. The van der Waals surface area contributed by atoms with E-state index in [1.165, 1.54) is 25.3 Å². The van der Waals surface area contributed by atoms with Crippen LogP contribution in [0.5, 0.6) is 5.75 Å². The second kappa shape index (κ2) is 7.49. The molecular weight excluding hydrogens is 376 g/mol. The number of halogens is 1. The molecule has 2 aromatic carbocycles. The molecule has 0 fully saturated rings. The van der Waals surface area contributed by atoms with E-state index in [2.05, 4.69) is 9.71 Å². The van der Waals surface area contributed by atoms with E-state index in [-0.39, 0.29) is 16.5 Å². The molecule has 1 N–H and O–H groups in total. The van der Waals surface area contributed by atoms with E-state index in [0.717, 1.165) is 5.56 Å². The van der Waals surface area contributed by atoms with Gasteiger partial charge in [-0.25, -0.2) is 18.1 Å². The largest absolute Gasteiger partial charge is 0.495 e. The minimum atomic E-state index is -3.75. The number of sulfonamides is 1. The summed E-state index contributed by atoms with van der Waals surface area (Å²) in [6, 6.07) is 13.7. The lowest BCUT2D eigenvalue weighted by atomic mass is 10.2. The van der Waals surface area contributed by atoms with Crippen LogP contribution in [0.1, 0.15) is 11.5 Å². The molecule has 1 heterocycles. The molecule has 26 heavy (non-hydrogen) atoms. The number of benzene rings is 2. The van der Waals surface area contributed by atoms with Gasteiger partial charge < -0.3 is 9.15 Å². The Morgan fingerprint density at radius 3 is 2.58 bits per heavy atom. The molecule has 6 nitrogen and oxygen atoms in total. The summed E-state index contributed by atoms with van der Waals surface area (Å²) >= 11 is 6.00. The van der Waals surface area contributed by atoms with E-state index < -0.39 is 10.0 Å². The molecule has 8 heteroatoms. The molecule has 3 rings (SSSR count). The molecule has 136 valence electrons. The van der Waals surface area contributed by atoms with E-state index in [0.29, 0.717) is 23.1 Å². The summed E-state index contributed by atoms with van der Waals surface area (Å²) in [6.07, 6.45) is 0. The molecule has 0 amide bonds. The van der Waals surface area contributed by atoms with Gasteiger partial charge in [0.25, 0.3) is 0 Å². The maximum Gasteiger partial charge on any atom is 0.240 e. The Kier molecular flexibility index (Phi) is 5.31. The summed E-state index contributed by atoms with van der Waals surface area (Å²) in [4.78, 5) is 4.43. The molecule has 0 aliphatic carbocycles. The van der Waals surface area contributed by atoms with E-state index in [1.54, 1.807) is 6.92 Å². The molecular formula is C18H17ClN2O4S. The molecule has 0 spiro atoms. The number of hydrogen-bond acceptors (Lipinski definition) is 5. The van der Waals surface area contributed by atoms with Crippen molar-refractivity contribution >= 4 is 21.6 Å². The van der Waals surface area contributed by atoms with E-state index in [9.17, 15) is 8.42 Å². The molecule has 0 atom stereocenters. The van der Waals surface area contributed by atoms with Gasteiger partial charge in [-0.05, 0) is 37.3 Å². The summed E-state index contributed by atoms with van der Waals surface area (Å²) in [5.41, 5.74) is 1.35. The number of aryl methyl sites for hydroxylation is 1. The van der Waals surface area contributed by atoms with Gasteiger partial charge in [0.2, 0.25) is 15.9 Å². The Balaban J connectivity index is 1.78. The third-order valence-electron chi connectivity index (χ3n) is 3.78. The normalized spacial score (nSPS) is 11.5. The number of nitrogens with one attached hydrogen (secondary N) is 1. The zero-order valence-corrected chi connectivity index (χ0v) is 15.8. The number of ether oxygens (including phenoxy) is 1. The van der Waals surface area contributed by atoms with Crippen molar-refractivity contribution in [3.8, 4) is 17.2 Å². The van der Waals surface area contributed by atoms with Gasteiger partial charge in [0, 0.05) is 5.56 Å². The highest BCUT2D eigenvalue weighted by molar-refractivity contribution is 7.89. The minimum Gasteiger partial charge on any atom is -0.495 e. The van der Waals surface area contributed by atoms with Crippen LogP contribution in [0.4, 0.5) is 0 Å². The van der Waals surface area contributed by atoms with Crippen LogP contribution in [-0.2, 0) is 16.6 Å². The fourth-order valence-electron chi connectivity index (χ4n) is 2.36. The van der Waals surface area contributed by atoms with Crippen molar-refractivity contribution in [3.05, 3.63) is 65.0 Å². The minimum absolute atomic E-state index is 0.00808. The zero-order chi connectivity index (χ0) is 18.7. The Hall–Kier alpha value is -2.35. The molecule has 0 aliphatic heterocycles. The maximum atomic E-state index is 12.5. The highest BCUT2D eigenvalue weighted by Gasteiger charge is 2.18. The van der Waals surface area contributed by atoms with Crippen molar-refractivity contribution in [2.75, 3.05) is 7.11 Å². The third kappa shape index (κ3) is 3.90. The van der Waals surface area contributed by atoms with Crippen LogP contribution in [-0.4, -0.2) is 20.5 Å². The lowest BCUT2D eigenvalue weighted by Gasteiger charge is -2.08. The van der Waals surface area contributed by atoms with Crippen LogP contribution in [0.2, 0.25) is 5.02 Å². The van der Waals surface area contributed by atoms with Gasteiger partial charge in [-0.15, -0.1) is 0 Å². The van der Waals surface area contributed by atoms with Crippen LogP contribution in [0.15, 0.2) is 57.8 Å². The average molecular weight is 393 g/mol. The Morgan fingerprint density at radius 2 is 1.92 bits per heavy atom. The summed E-state index contributed by atoms with van der Waals surface area (Å²) in [5, 5.41) is 0.222. The van der Waals surface area contributed by atoms with Crippen molar-refractivity contribution < 1.29 is 17.6 Å². The molecule has 0 saturated carbocycles. The van der Waals surface area contributed by atoms with Crippen molar-refractivity contribution in [2.45, 2.75) is 18.4 Å². The van der Waals surface area contributed by atoms with Gasteiger partial charge in [0.05, 0.1) is 29.3 Å². The van der Waals surface area contributed by atoms with Gasteiger partial charge in [-0.1, -0.05) is 29.8 Å². The number of methoxy groups -OCH3 is 1. The van der Waals surface area contributed by atoms with Gasteiger partial charge in [-0.2, -0.15) is 0 Å². The third-order valence-corrected chi connectivity index (χ3v) is 5.47. The second-order valence-electron chi connectivity index (χ2n) is 5.51. The highest BCUT2D eigenvalue weighted by atomic mass is 35.5. The standard InChI is InChI=1S/C18H17ClN2O4S/c1-12-16(21-18(25-12)13-6-4-3-5-7-13)11-20-26(22,23)14-8-9-17(24-2)15(19)10-14/h3-10,20H,11H2,1-2H3. The first-order chi connectivity index (χ1) is 12.4. The second-order valence-corrected chi connectivity index (χ2v) is 7.68. The summed E-state index contributed by atoms with van der Waals surface area (Å²) in [7, 11) is -2.29. The van der Waals surface area contributed by atoms with Gasteiger partial charge in [-0.3, -0.25) is 0 Å². The summed E-state index contributed by atoms with van der Waals surface area (Å²) < 4.78 is 38.1. The van der Waals surface area contributed by atoms with Crippen LogP contribution in [0.25, 0.3) is 11.5 Å². The highest BCUT2D eigenvalue weighted by Crippen LogP contribution is 2.27. The SMILES string of the molecule is COc1ccc(S(=O)(=O)NCc2nc(-c3ccccc3)oc2C)cc1Cl. The predicted octanol–water partition coefficient (Wildman–Crippen LogP) is 3.79. The first-order valence-electron chi connectivity index (χ1n) is 7.75. The van der Waals surface area contributed by atoms with E-state index in [1.807, 2.05) is 30.3 Å². The molecule has 1 aromatic heterocycles. The van der Waals surface area contributed by atoms with Crippen molar-refractivity contribution in [1.29, 1.82) is 0 Å². The number of oxazole rings is 1. The maximum absolute atomic E-state index is 12.5. The molecule has 0 radical (unpaired) electrons. The Labute approximate surface area is 156 Å². The summed E-state index contributed by atoms with van der Waals surface area (Å²) in [6.45, 7) is 1.75. The van der Waals surface area contributed by atoms with E-state index >= 15 is 0 Å². The monoisotopic (exact) mass is 392 g/mol. The van der Waals surface area contributed by atoms with Crippen molar-refractivity contribution in [2.24, 2.45) is 0 Å². The van der Waals surface area contributed by atoms with E-state index in [4.69, 9.17) is 20.8 Å². The quantitative estimate of drug-likeness (QED) is 0.690. The molecule has 0 aliphatic rings. The van der Waals surface area contributed by atoms with Gasteiger partial charge in [0.15, 0.2) is 0 Å². The Morgan fingerprint density at radius 1 is 1.19 bits per heavy atom. The van der Waals surface area contributed by atoms with Crippen LogP contribution in [0.3, 0.4) is 0 Å². The molecule has 0 unspecified atom stereocenters. The lowest BCUT2D eigenvalue weighted by molar-refractivity contribution is 0.414. The molecule has 0 saturated heterocycles. The zero-order valence-electron chi connectivity index (χ0n) is 14.2. The molecule has 3 aromatic rings. The van der Waals surface area contributed by atoms with Crippen LogP contribution < -0.4 is 9.46 Å². The van der Waals surface area contributed by atoms with Gasteiger partial charge >= 0.3 is 0 Å². The van der Waals surface area contributed by atoms with Crippen LogP contribution >= 0.6 is 11.6 Å². The average Bonchev–Trinajstić information content (AvgIpc) is 3.01. The first-order valence-corrected chi connectivity index (χ1v) is 9.62. The summed E-state index contributed by atoms with van der Waals surface area (Å²) in [5.74, 6) is 1.41. The first kappa shape index (κ1) is 18.4. The predicted molar refractivity (Wildman–Crippen MR) is 98.7 cm³/mol. The fraction of sp³-hybridized carbons (Fsp3) is 0.167. The topological polar surface area (TPSA) is 81.4 Å². The van der Waals surface area contributed by atoms with Crippen LogP contribution in [0, 0.1) is 6.92 Å². The number of aromatic nitrogens is 1. The van der Waals surface area contributed by atoms with Gasteiger partial charge in [0.1, 0.15) is 11.5 Å².